The highest BCUT2D eigenvalue weighted by Crippen LogP contribution is 2.32. The second-order valence-electron chi connectivity index (χ2n) is 6.06. The molecule has 1 N–H and O–H groups in total. The van der Waals surface area contributed by atoms with Gasteiger partial charge in [-0.25, -0.2) is 4.79 Å². The molecule has 1 aliphatic heterocycles. The van der Waals surface area contributed by atoms with Gasteiger partial charge in [-0.15, -0.1) is 0 Å². The zero-order valence-corrected chi connectivity index (χ0v) is 17.8. The summed E-state index contributed by atoms with van der Waals surface area (Å²) in [5.74, 6) is -1.85. The van der Waals surface area contributed by atoms with E-state index in [2.05, 4.69) is 10.1 Å². The standard InChI is InChI=1S/C20H14Cl2N2O5S/c1-29-19(27)14-9-13(5-6-15(14)22)23-17(25)10-24-18(26)16(30-20(24)28)8-11-3-2-4-12(21)7-11/h2-9H,10H2,1H3,(H,23,25)/b16-8+. The van der Waals surface area contributed by atoms with Crippen molar-refractivity contribution in [3.05, 3.63) is 68.5 Å². The lowest BCUT2D eigenvalue weighted by molar-refractivity contribution is -0.127. The molecule has 0 saturated carbocycles. The molecule has 3 amide bonds. The van der Waals surface area contributed by atoms with E-state index in [1.807, 2.05) is 0 Å². The first-order valence-corrected chi connectivity index (χ1v) is 10.0. The number of thioether (sulfide) groups is 1. The summed E-state index contributed by atoms with van der Waals surface area (Å²) in [6.07, 6.45) is 1.54. The number of ether oxygens (including phenoxy) is 1. The van der Waals surface area contributed by atoms with Gasteiger partial charge in [-0.3, -0.25) is 19.3 Å². The molecule has 7 nitrogen and oxygen atoms in total. The first kappa shape index (κ1) is 21.9. The number of carbonyl (C=O) groups excluding carboxylic acids is 4. The monoisotopic (exact) mass is 464 g/mol. The molecule has 10 heteroatoms. The lowest BCUT2D eigenvalue weighted by Gasteiger charge is -2.13. The molecule has 30 heavy (non-hydrogen) atoms. The number of amides is 3. The van der Waals surface area contributed by atoms with Crippen LogP contribution in [0.2, 0.25) is 10.0 Å². The molecule has 1 heterocycles. The van der Waals surface area contributed by atoms with Crippen LogP contribution in [0.25, 0.3) is 6.08 Å². The zero-order valence-electron chi connectivity index (χ0n) is 15.5. The van der Waals surface area contributed by atoms with Crippen molar-refractivity contribution >= 4 is 69.8 Å². The summed E-state index contributed by atoms with van der Waals surface area (Å²) >= 11 is 12.6. The minimum absolute atomic E-state index is 0.0765. The maximum absolute atomic E-state index is 12.5. The lowest BCUT2D eigenvalue weighted by Crippen LogP contribution is -2.36. The Morgan fingerprint density at radius 1 is 1.17 bits per heavy atom. The van der Waals surface area contributed by atoms with Crippen LogP contribution in [0.15, 0.2) is 47.4 Å². The molecule has 2 aromatic carbocycles. The second-order valence-corrected chi connectivity index (χ2v) is 7.89. The van der Waals surface area contributed by atoms with Gasteiger partial charge in [-0.05, 0) is 53.7 Å². The summed E-state index contributed by atoms with van der Waals surface area (Å²) in [5, 5.41) is 2.63. The number of rotatable bonds is 5. The van der Waals surface area contributed by atoms with Crippen LogP contribution in [0.3, 0.4) is 0 Å². The third kappa shape index (κ3) is 5.02. The third-order valence-electron chi connectivity index (χ3n) is 3.98. The fourth-order valence-electron chi connectivity index (χ4n) is 2.60. The van der Waals surface area contributed by atoms with Crippen LogP contribution in [0.5, 0.6) is 0 Å². The van der Waals surface area contributed by atoms with Gasteiger partial charge in [0.2, 0.25) is 5.91 Å². The van der Waals surface area contributed by atoms with Crippen molar-refractivity contribution in [1.29, 1.82) is 0 Å². The Balaban J connectivity index is 1.70. The Morgan fingerprint density at radius 2 is 1.93 bits per heavy atom. The van der Waals surface area contributed by atoms with Crippen LogP contribution in [0, 0.1) is 0 Å². The van der Waals surface area contributed by atoms with E-state index < -0.39 is 29.6 Å². The number of esters is 1. The number of hydrogen-bond acceptors (Lipinski definition) is 6. The van der Waals surface area contributed by atoms with Crippen LogP contribution in [-0.2, 0) is 14.3 Å². The van der Waals surface area contributed by atoms with Crippen molar-refractivity contribution in [2.75, 3.05) is 19.0 Å². The van der Waals surface area contributed by atoms with Crippen LogP contribution in [0.4, 0.5) is 10.5 Å². The van der Waals surface area contributed by atoms with Gasteiger partial charge < -0.3 is 10.1 Å². The number of benzene rings is 2. The Labute approximate surface area is 186 Å². The predicted molar refractivity (Wildman–Crippen MR) is 116 cm³/mol. The van der Waals surface area contributed by atoms with Crippen LogP contribution >= 0.6 is 35.0 Å². The number of nitrogens with one attached hydrogen (secondary N) is 1. The minimum atomic E-state index is -0.659. The van der Waals surface area contributed by atoms with Crippen molar-refractivity contribution in [2.45, 2.75) is 0 Å². The van der Waals surface area contributed by atoms with Gasteiger partial charge in [-0.1, -0.05) is 35.3 Å². The van der Waals surface area contributed by atoms with Crippen molar-refractivity contribution in [2.24, 2.45) is 0 Å². The Bertz CT molecular complexity index is 1090. The van der Waals surface area contributed by atoms with E-state index >= 15 is 0 Å². The third-order valence-corrected chi connectivity index (χ3v) is 5.45. The molecule has 0 aliphatic carbocycles. The highest BCUT2D eigenvalue weighted by Gasteiger charge is 2.36. The quantitative estimate of drug-likeness (QED) is 0.518. The molecule has 1 aliphatic rings. The van der Waals surface area contributed by atoms with E-state index in [0.717, 1.165) is 16.7 Å². The molecule has 3 rings (SSSR count). The van der Waals surface area contributed by atoms with Gasteiger partial charge >= 0.3 is 5.97 Å². The molecule has 0 bridgehead atoms. The van der Waals surface area contributed by atoms with Crippen LogP contribution < -0.4 is 5.32 Å². The van der Waals surface area contributed by atoms with E-state index in [1.165, 1.54) is 31.4 Å². The molecule has 0 spiro atoms. The van der Waals surface area contributed by atoms with Gasteiger partial charge in [0.25, 0.3) is 11.1 Å². The van der Waals surface area contributed by atoms with Gasteiger partial charge in [0.05, 0.1) is 22.6 Å². The maximum atomic E-state index is 12.5. The average molecular weight is 465 g/mol. The molecule has 2 aromatic rings. The van der Waals surface area contributed by atoms with E-state index in [0.29, 0.717) is 10.6 Å². The molecule has 0 unspecified atom stereocenters. The molecule has 0 radical (unpaired) electrons. The zero-order chi connectivity index (χ0) is 21.8. The van der Waals surface area contributed by atoms with Crippen molar-refractivity contribution < 1.29 is 23.9 Å². The number of methoxy groups -OCH3 is 1. The first-order chi connectivity index (χ1) is 14.3. The maximum Gasteiger partial charge on any atom is 0.339 e. The van der Waals surface area contributed by atoms with Gasteiger partial charge in [0.15, 0.2) is 0 Å². The smallest absolute Gasteiger partial charge is 0.339 e. The lowest BCUT2D eigenvalue weighted by atomic mass is 10.2. The Kier molecular flexibility index (Phi) is 6.81. The number of imide groups is 1. The first-order valence-electron chi connectivity index (χ1n) is 8.47. The average Bonchev–Trinajstić information content (AvgIpc) is 2.96. The number of anilines is 1. The predicted octanol–water partition coefficient (Wildman–Crippen LogP) is 4.46. The number of halogens is 2. The van der Waals surface area contributed by atoms with E-state index in [-0.39, 0.29) is 21.2 Å². The SMILES string of the molecule is COC(=O)c1cc(NC(=O)CN2C(=O)S/C(=C/c3cccc(Cl)c3)C2=O)ccc1Cl. The summed E-state index contributed by atoms with van der Waals surface area (Å²) < 4.78 is 4.63. The van der Waals surface area contributed by atoms with Gasteiger partial charge in [-0.2, -0.15) is 0 Å². The summed E-state index contributed by atoms with van der Waals surface area (Å²) in [6, 6.07) is 11.1. The largest absolute Gasteiger partial charge is 0.465 e. The second kappa shape index (κ2) is 9.34. The minimum Gasteiger partial charge on any atom is -0.465 e. The number of carbonyl (C=O) groups is 4. The highest BCUT2D eigenvalue weighted by molar-refractivity contribution is 8.18. The molecular weight excluding hydrogens is 451 g/mol. The van der Waals surface area contributed by atoms with Crippen LogP contribution in [-0.4, -0.2) is 41.6 Å². The summed E-state index contributed by atoms with van der Waals surface area (Å²) in [4.78, 5) is 49.8. The van der Waals surface area contributed by atoms with E-state index in [4.69, 9.17) is 23.2 Å². The topological polar surface area (TPSA) is 92.8 Å². The Hall–Kier alpha value is -2.81. The fourth-order valence-corrected chi connectivity index (χ4v) is 3.83. The molecule has 154 valence electrons. The van der Waals surface area contributed by atoms with E-state index in [9.17, 15) is 19.2 Å². The van der Waals surface area contributed by atoms with Crippen molar-refractivity contribution in [1.82, 2.24) is 4.90 Å². The molecule has 0 atom stereocenters. The summed E-state index contributed by atoms with van der Waals surface area (Å²) in [7, 11) is 1.21. The number of hydrogen-bond donors (Lipinski definition) is 1. The highest BCUT2D eigenvalue weighted by atomic mass is 35.5. The van der Waals surface area contributed by atoms with Gasteiger partial charge in [0, 0.05) is 10.7 Å². The summed E-state index contributed by atoms with van der Waals surface area (Å²) in [6.45, 7) is -0.478. The van der Waals surface area contributed by atoms with Crippen LogP contribution in [0.1, 0.15) is 15.9 Å². The molecule has 1 fully saturated rings. The van der Waals surface area contributed by atoms with Crippen molar-refractivity contribution in [3.63, 3.8) is 0 Å². The normalized spacial score (nSPS) is 14.9. The molecular formula is C20H14Cl2N2O5S. The van der Waals surface area contributed by atoms with E-state index in [1.54, 1.807) is 24.3 Å². The van der Waals surface area contributed by atoms with Crippen molar-refractivity contribution in [3.8, 4) is 0 Å². The fraction of sp³-hybridized carbons (Fsp3) is 0.100. The Morgan fingerprint density at radius 3 is 2.63 bits per heavy atom. The summed E-state index contributed by atoms with van der Waals surface area (Å²) in [5.41, 5.74) is 1.01. The molecule has 1 saturated heterocycles. The van der Waals surface area contributed by atoms with Gasteiger partial charge in [0.1, 0.15) is 6.54 Å². The number of nitrogens with zero attached hydrogens (tertiary/aromatic N) is 1. The molecule has 0 aromatic heterocycles.